The van der Waals surface area contributed by atoms with Gasteiger partial charge >= 0.3 is 5.97 Å². The van der Waals surface area contributed by atoms with Gasteiger partial charge in [-0.1, -0.05) is 0 Å². The smallest absolute Gasteiger partial charge is 0.345 e. The molecule has 3 heterocycles. The van der Waals surface area contributed by atoms with Crippen molar-refractivity contribution < 1.29 is 18.3 Å². The fourth-order valence-electron chi connectivity index (χ4n) is 1.71. The van der Waals surface area contributed by atoms with Crippen LogP contribution in [0, 0.1) is 0 Å². The fourth-order valence-corrected chi connectivity index (χ4v) is 6.25. The minimum absolute atomic E-state index is 0.0243. The zero-order valence-corrected chi connectivity index (χ0v) is 10.6. The summed E-state index contributed by atoms with van der Waals surface area (Å²) in [6.07, 6.45) is 0. The second-order valence-corrected chi connectivity index (χ2v) is 7.48. The van der Waals surface area contributed by atoms with Gasteiger partial charge in [0.15, 0.2) is 0 Å². The average molecular weight is 287 g/mol. The molecule has 2 aromatic rings. The number of hydrogen-bond acceptors (Lipinski definition) is 6. The molecule has 0 unspecified atom stereocenters. The maximum atomic E-state index is 12.1. The van der Waals surface area contributed by atoms with Crippen molar-refractivity contribution in [3.63, 3.8) is 0 Å². The molecule has 3 N–H and O–H groups in total. The Balaban J connectivity index is 2.38. The quantitative estimate of drug-likeness (QED) is 0.712. The number of carboxylic acid groups (broad SMARTS) is 1. The topological polar surface area (TPSA) is 97.5 Å². The molecule has 5 nitrogen and oxygen atoms in total. The summed E-state index contributed by atoms with van der Waals surface area (Å²) >= 11 is 2.13. The summed E-state index contributed by atoms with van der Waals surface area (Å²) < 4.78 is 24.2. The van der Waals surface area contributed by atoms with E-state index in [-0.39, 0.29) is 14.7 Å². The molecule has 0 spiro atoms. The number of nitrogen functional groups attached to an aromatic ring is 1. The van der Waals surface area contributed by atoms with Crippen LogP contribution in [0.4, 0.5) is 5.00 Å². The highest BCUT2D eigenvalue weighted by Crippen LogP contribution is 2.52. The molecular weight excluding hydrogens is 282 g/mol. The van der Waals surface area contributed by atoms with Gasteiger partial charge in [-0.3, -0.25) is 0 Å². The first-order valence-electron chi connectivity index (χ1n) is 4.43. The minimum atomic E-state index is -3.58. The van der Waals surface area contributed by atoms with Crippen LogP contribution in [0.2, 0.25) is 0 Å². The number of hydrogen-bond donors (Lipinski definition) is 2. The van der Waals surface area contributed by atoms with E-state index in [0.717, 1.165) is 22.7 Å². The number of sulfone groups is 1. The summed E-state index contributed by atoms with van der Waals surface area (Å²) in [6, 6.07) is 2.63. The van der Waals surface area contributed by atoms with Gasteiger partial charge in [-0.15, -0.1) is 22.7 Å². The van der Waals surface area contributed by atoms with Crippen LogP contribution in [0.1, 0.15) is 9.67 Å². The van der Waals surface area contributed by atoms with Crippen molar-refractivity contribution in [2.45, 2.75) is 9.79 Å². The number of rotatable bonds is 1. The number of carboxylic acids is 1. The van der Waals surface area contributed by atoms with Crippen molar-refractivity contribution in [3.8, 4) is 9.75 Å². The number of anilines is 1. The van der Waals surface area contributed by atoms with Crippen LogP contribution in [0.15, 0.2) is 21.9 Å². The van der Waals surface area contributed by atoms with Crippen molar-refractivity contribution >= 4 is 43.5 Å². The van der Waals surface area contributed by atoms with E-state index in [1.54, 1.807) is 0 Å². The van der Waals surface area contributed by atoms with E-state index >= 15 is 0 Å². The van der Waals surface area contributed by atoms with Gasteiger partial charge in [0.2, 0.25) is 9.84 Å². The summed E-state index contributed by atoms with van der Waals surface area (Å²) in [5.41, 5.74) is 5.58. The molecular formula is C9H5NO4S3. The molecule has 8 heteroatoms. The zero-order valence-electron chi connectivity index (χ0n) is 8.13. The normalized spacial score (nSPS) is 15.5. The Morgan fingerprint density at radius 3 is 2.41 bits per heavy atom. The molecule has 88 valence electrons. The number of carbonyl (C=O) groups is 1. The second-order valence-electron chi connectivity index (χ2n) is 3.45. The molecule has 0 bridgehead atoms. The lowest BCUT2D eigenvalue weighted by Crippen LogP contribution is -1.96. The largest absolute Gasteiger partial charge is 0.477 e. The van der Waals surface area contributed by atoms with Crippen LogP contribution in [-0.2, 0) is 9.84 Å². The lowest BCUT2D eigenvalue weighted by molar-refractivity contribution is 0.0702. The molecule has 0 aliphatic carbocycles. The van der Waals surface area contributed by atoms with Gasteiger partial charge in [-0.2, -0.15) is 0 Å². The fraction of sp³-hybridized carbons (Fsp3) is 0. The summed E-state index contributed by atoms with van der Waals surface area (Å²) in [5, 5.41) is 9.27. The summed E-state index contributed by atoms with van der Waals surface area (Å²) in [6.45, 7) is 0. The molecule has 1 aliphatic rings. The van der Waals surface area contributed by atoms with Gasteiger partial charge in [0.25, 0.3) is 0 Å². The Labute approximate surface area is 104 Å². The summed E-state index contributed by atoms with van der Waals surface area (Å²) in [4.78, 5) is 12.2. The van der Waals surface area contributed by atoms with Crippen LogP contribution in [-0.4, -0.2) is 19.5 Å². The van der Waals surface area contributed by atoms with E-state index in [9.17, 15) is 13.2 Å². The Hall–Kier alpha value is -1.38. The molecule has 1 aliphatic heterocycles. The van der Waals surface area contributed by atoms with Crippen molar-refractivity contribution in [3.05, 3.63) is 17.0 Å². The van der Waals surface area contributed by atoms with Crippen LogP contribution in [0.3, 0.4) is 0 Å². The van der Waals surface area contributed by atoms with Crippen LogP contribution in [0.25, 0.3) is 9.75 Å². The lowest BCUT2D eigenvalue weighted by atomic mass is 10.4. The molecule has 0 saturated heterocycles. The maximum absolute atomic E-state index is 12.1. The molecule has 17 heavy (non-hydrogen) atoms. The van der Waals surface area contributed by atoms with Gasteiger partial charge in [-0.25, -0.2) is 13.2 Å². The van der Waals surface area contributed by atoms with Crippen LogP contribution in [0.5, 0.6) is 0 Å². The highest BCUT2D eigenvalue weighted by Gasteiger charge is 2.38. The van der Waals surface area contributed by atoms with E-state index in [0.29, 0.717) is 14.8 Å². The first-order valence-corrected chi connectivity index (χ1v) is 7.55. The standard InChI is InChI=1S/C9H5NO4S3/c10-6-2-5-8(16-6)7-4(17(5,13)14)1-3(15-7)9(11)12/h1-2H,10H2,(H,11,12). The third kappa shape index (κ3) is 1.28. The van der Waals surface area contributed by atoms with Gasteiger partial charge < -0.3 is 10.8 Å². The zero-order chi connectivity index (χ0) is 12.4. The van der Waals surface area contributed by atoms with E-state index in [1.165, 1.54) is 12.1 Å². The average Bonchev–Trinajstić information content (AvgIpc) is 2.83. The predicted octanol–water partition coefficient (Wildman–Crippen LogP) is 1.90. The highest BCUT2D eigenvalue weighted by molar-refractivity contribution is 7.92. The lowest BCUT2D eigenvalue weighted by Gasteiger charge is -1.92. The summed E-state index contributed by atoms with van der Waals surface area (Å²) in [7, 11) is -3.58. The Kier molecular flexibility index (Phi) is 1.96. The molecule has 0 amide bonds. The van der Waals surface area contributed by atoms with E-state index < -0.39 is 15.8 Å². The van der Waals surface area contributed by atoms with E-state index in [1.807, 2.05) is 0 Å². The Morgan fingerprint density at radius 2 is 1.76 bits per heavy atom. The third-order valence-corrected chi connectivity index (χ3v) is 6.72. The monoisotopic (exact) mass is 287 g/mol. The molecule has 0 aromatic carbocycles. The minimum Gasteiger partial charge on any atom is -0.477 e. The van der Waals surface area contributed by atoms with Crippen LogP contribution < -0.4 is 5.73 Å². The van der Waals surface area contributed by atoms with Crippen molar-refractivity contribution in [1.29, 1.82) is 0 Å². The Bertz CT molecular complexity index is 753. The molecule has 0 fully saturated rings. The molecule has 3 rings (SSSR count). The first kappa shape index (κ1) is 10.8. The molecule has 2 aromatic heterocycles. The van der Waals surface area contributed by atoms with Gasteiger partial charge in [0.05, 0.1) is 24.5 Å². The summed E-state index contributed by atoms with van der Waals surface area (Å²) in [5.74, 6) is -1.12. The van der Waals surface area contributed by atoms with E-state index in [4.69, 9.17) is 10.8 Å². The number of nitrogens with two attached hydrogens (primary N) is 1. The van der Waals surface area contributed by atoms with Gasteiger partial charge in [0.1, 0.15) is 4.88 Å². The van der Waals surface area contributed by atoms with Crippen LogP contribution >= 0.6 is 22.7 Å². The first-order chi connectivity index (χ1) is 7.91. The molecule has 0 atom stereocenters. The van der Waals surface area contributed by atoms with E-state index in [2.05, 4.69) is 0 Å². The Morgan fingerprint density at radius 1 is 1.18 bits per heavy atom. The van der Waals surface area contributed by atoms with Gasteiger partial charge in [-0.05, 0) is 12.1 Å². The third-order valence-electron chi connectivity index (χ3n) is 2.41. The van der Waals surface area contributed by atoms with Gasteiger partial charge in [0, 0.05) is 0 Å². The van der Waals surface area contributed by atoms with Crippen molar-refractivity contribution in [1.82, 2.24) is 0 Å². The predicted molar refractivity (Wildman–Crippen MR) is 64.5 cm³/mol. The van der Waals surface area contributed by atoms with Crippen molar-refractivity contribution in [2.75, 3.05) is 5.73 Å². The maximum Gasteiger partial charge on any atom is 0.345 e. The second kappa shape index (κ2) is 3.09. The molecule has 0 radical (unpaired) electrons. The number of aromatic carboxylic acids is 1. The number of thiophene rings is 2. The van der Waals surface area contributed by atoms with Crippen molar-refractivity contribution in [2.24, 2.45) is 0 Å². The SMILES string of the molecule is Nc1cc2c(s1)-c1sc(C(=O)O)cc1S2(=O)=O. The number of fused-ring (bicyclic) bond motifs is 3. The highest BCUT2D eigenvalue weighted by atomic mass is 32.2. The molecule has 0 saturated carbocycles.